The van der Waals surface area contributed by atoms with Crippen LogP contribution in [-0.4, -0.2) is 51.9 Å². The van der Waals surface area contributed by atoms with Crippen LogP contribution in [0.25, 0.3) is 0 Å². The van der Waals surface area contributed by atoms with E-state index in [9.17, 15) is 4.79 Å². The molecule has 0 aliphatic carbocycles. The van der Waals surface area contributed by atoms with E-state index in [0.29, 0.717) is 5.91 Å². The number of rotatable bonds is 3. The highest BCUT2D eigenvalue weighted by atomic mass is 16.2. The first kappa shape index (κ1) is 16.4. The zero-order valence-electron chi connectivity index (χ0n) is 14.3. The molecule has 1 aromatic rings. The minimum absolute atomic E-state index is 0.216. The SMILES string of the molecule is CC1CCN(C(=O)C2CCN([C@H](C)c3cnccn3)CC2)CC1. The molecule has 1 atom stereocenters. The number of piperidine rings is 2. The highest BCUT2D eigenvalue weighted by Gasteiger charge is 2.31. The minimum atomic E-state index is 0.216. The predicted molar refractivity (Wildman–Crippen MR) is 89.7 cm³/mol. The molecule has 0 unspecified atom stereocenters. The monoisotopic (exact) mass is 316 g/mol. The molecule has 2 fully saturated rings. The number of carbonyl (C=O) groups excluding carboxylic acids is 1. The molecule has 5 heteroatoms. The maximum atomic E-state index is 12.7. The quantitative estimate of drug-likeness (QED) is 0.860. The fourth-order valence-electron chi connectivity index (χ4n) is 3.73. The Morgan fingerprint density at radius 3 is 2.43 bits per heavy atom. The van der Waals surface area contributed by atoms with Gasteiger partial charge in [0.2, 0.25) is 5.91 Å². The Balaban J connectivity index is 1.51. The zero-order chi connectivity index (χ0) is 16.2. The number of amides is 1. The van der Waals surface area contributed by atoms with Crippen molar-refractivity contribution in [2.75, 3.05) is 26.2 Å². The van der Waals surface area contributed by atoms with Crippen molar-refractivity contribution in [1.29, 1.82) is 0 Å². The molecule has 0 radical (unpaired) electrons. The Labute approximate surface area is 139 Å². The van der Waals surface area contributed by atoms with Gasteiger partial charge in [-0.3, -0.25) is 19.7 Å². The molecule has 5 nitrogen and oxygen atoms in total. The van der Waals surface area contributed by atoms with Crippen LogP contribution in [0.3, 0.4) is 0 Å². The summed E-state index contributed by atoms with van der Waals surface area (Å²) in [5.74, 6) is 1.38. The van der Waals surface area contributed by atoms with Crippen LogP contribution in [0.1, 0.15) is 51.3 Å². The van der Waals surface area contributed by atoms with Gasteiger partial charge in [-0.05, 0) is 51.6 Å². The molecule has 23 heavy (non-hydrogen) atoms. The van der Waals surface area contributed by atoms with Gasteiger partial charge in [-0.1, -0.05) is 6.92 Å². The smallest absolute Gasteiger partial charge is 0.225 e. The molecule has 0 aromatic carbocycles. The van der Waals surface area contributed by atoms with Gasteiger partial charge >= 0.3 is 0 Å². The maximum Gasteiger partial charge on any atom is 0.225 e. The van der Waals surface area contributed by atoms with Crippen LogP contribution in [0, 0.1) is 11.8 Å². The largest absolute Gasteiger partial charge is 0.342 e. The van der Waals surface area contributed by atoms with E-state index in [0.717, 1.165) is 63.5 Å². The predicted octanol–water partition coefficient (Wildman–Crippen LogP) is 2.51. The van der Waals surface area contributed by atoms with Gasteiger partial charge < -0.3 is 4.90 Å². The van der Waals surface area contributed by atoms with Crippen LogP contribution in [0.5, 0.6) is 0 Å². The Bertz CT molecular complexity index is 505. The van der Waals surface area contributed by atoms with E-state index >= 15 is 0 Å². The summed E-state index contributed by atoms with van der Waals surface area (Å²) in [7, 11) is 0. The van der Waals surface area contributed by atoms with Crippen molar-refractivity contribution in [3.8, 4) is 0 Å². The maximum absolute atomic E-state index is 12.7. The number of likely N-dealkylation sites (tertiary alicyclic amines) is 2. The van der Waals surface area contributed by atoms with E-state index < -0.39 is 0 Å². The summed E-state index contributed by atoms with van der Waals surface area (Å²) >= 11 is 0. The number of nitrogens with zero attached hydrogens (tertiary/aromatic N) is 4. The highest BCUT2D eigenvalue weighted by molar-refractivity contribution is 5.79. The van der Waals surface area contributed by atoms with Gasteiger partial charge in [-0.2, -0.15) is 0 Å². The summed E-state index contributed by atoms with van der Waals surface area (Å²) in [5, 5.41) is 0. The topological polar surface area (TPSA) is 49.3 Å². The van der Waals surface area contributed by atoms with Crippen molar-refractivity contribution in [3.05, 3.63) is 24.3 Å². The van der Waals surface area contributed by atoms with Crippen molar-refractivity contribution < 1.29 is 4.79 Å². The van der Waals surface area contributed by atoms with Crippen molar-refractivity contribution in [1.82, 2.24) is 19.8 Å². The summed E-state index contributed by atoms with van der Waals surface area (Å²) in [6, 6.07) is 0.274. The second-order valence-corrected chi connectivity index (χ2v) is 7.12. The molecule has 3 rings (SSSR count). The lowest BCUT2D eigenvalue weighted by atomic mass is 9.92. The fourth-order valence-corrected chi connectivity index (χ4v) is 3.73. The molecule has 2 aliphatic rings. The fraction of sp³-hybridized carbons (Fsp3) is 0.722. The molecule has 0 N–H and O–H groups in total. The third-order valence-corrected chi connectivity index (χ3v) is 5.53. The lowest BCUT2D eigenvalue weighted by Gasteiger charge is -2.38. The van der Waals surface area contributed by atoms with Crippen molar-refractivity contribution >= 4 is 5.91 Å². The van der Waals surface area contributed by atoms with Crippen molar-refractivity contribution in [2.24, 2.45) is 11.8 Å². The number of carbonyl (C=O) groups is 1. The first-order valence-corrected chi connectivity index (χ1v) is 8.94. The number of aromatic nitrogens is 2. The Kier molecular flexibility index (Phi) is 5.26. The molecule has 0 bridgehead atoms. The molecule has 126 valence electrons. The molecular weight excluding hydrogens is 288 g/mol. The molecule has 1 aromatic heterocycles. The first-order chi connectivity index (χ1) is 11.1. The van der Waals surface area contributed by atoms with E-state index in [2.05, 4.69) is 33.6 Å². The van der Waals surface area contributed by atoms with Crippen LogP contribution in [-0.2, 0) is 4.79 Å². The van der Waals surface area contributed by atoms with E-state index in [-0.39, 0.29) is 12.0 Å². The third-order valence-electron chi connectivity index (χ3n) is 5.53. The molecule has 0 saturated carbocycles. The van der Waals surface area contributed by atoms with Crippen LogP contribution >= 0.6 is 0 Å². The summed E-state index contributed by atoms with van der Waals surface area (Å²) in [5.41, 5.74) is 1.02. The summed E-state index contributed by atoms with van der Waals surface area (Å²) in [6.45, 7) is 8.32. The molecule has 1 amide bonds. The second-order valence-electron chi connectivity index (χ2n) is 7.12. The molecule has 2 saturated heterocycles. The lowest BCUT2D eigenvalue weighted by molar-refractivity contribution is -0.138. The van der Waals surface area contributed by atoms with Gasteiger partial charge in [-0.15, -0.1) is 0 Å². The molecule has 2 aliphatic heterocycles. The van der Waals surface area contributed by atoms with Gasteiger partial charge in [0.15, 0.2) is 0 Å². The normalized spacial score (nSPS) is 23.0. The van der Waals surface area contributed by atoms with E-state index in [1.165, 1.54) is 0 Å². The van der Waals surface area contributed by atoms with Gasteiger partial charge in [0.1, 0.15) is 0 Å². The first-order valence-electron chi connectivity index (χ1n) is 8.94. The van der Waals surface area contributed by atoms with Crippen LogP contribution in [0.15, 0.2) is 18.6 Å². The Morgan fingerprint density at radius 2 is 1.83 bits per heavy atom. The molecule has 3 heterocycles. The van der Waals surface area contributed by atoms with E-state index in [4.69, 9.17) is 0 Å². The highest BCUT2D eigenvalue weighted by Crippen LogP contribution is 2.27. The van der Waals surface area contributed by atoms with Gasteiger partial charge in [0.25, 0.3) is 0 Å². The molecular formula is C18H28N4O. The summed E-state index contributed by atoms with van der Waals surface area (Å²) < 4.78 is 0. The van der Waals surface area contributed by atoms with Crippen LogP contribution in [0.4, 0.5) is 0 Å². The van der Waals surface area contributed by atoms with Crippen molar-refractivity contribution in [3.63, 3.8) is 0 Å². The van der Waals surface area contributed by atoms with E-state index in [1.54, 1.807) is 12.4 Å². The zero-order valence-corrected chi connectivity index (χ0v) is 14.3. The summed E-state index contributed by atoms with van der Waals surface area (Å²) in [6.07, 6.45) is 9.56. The third kappa shape index (κ3) is 3.89. The van der Waals surface area contributed by atoms with Gasteiger partial charge in [0, 0.05) is 37.6 Å². The van der Waals surface area contributed by atoms with Crippen LogP contribution in [0.2, 0.25) is 0 Å². The Morgan fingerprint density at radius 1 is 1.13 bits per heavy atom. The average Bonchev–Trinajstić information content (AvgIpc) is 2.62. The summed E-state index contributed by atoms with van der Waals surface area (Å²) in [4.78, 5) is 25.8. The van der Waals surface area contributed by atoms with Crippen LogP contribution < -0.4 is 0 Å². The average molecular weight is 316 g/mol. The molecule has 0 spiro atoms. The van der Waals surface area contributed by atoms with E-state index in [1.807, 2.05) is 6.20 Å². The Hall–Kier alpha value is -1.49. The van der Waals surface area contributed by atoms with Crippen molar-refractivity contribution in [2.45, 2.75) is 45.6 Å². The number of hydrogen-bond acceptors (Lipinski definition) is 4. The number of hydrogen-bond donors (Lipinski definition) is 0. The second kappa shape index (κ2) is 7.39. The van der Waals surface area contributed by atoms with Gasteiger partial charge in [-0.25, -0.2) is 0 Å². The van der Waals surface area contributed by atoms with Gasteiger partial charge in [0.05, 0.1) is 11.7 Å². The lowest BCUT2D eigenvalue weighted by Crippen LogP contribution is -2.45. The standard InChI is InChI=1S/C18H28N4O/c1-14-3-9-22(10-4-14)18(23)16-5-11-21(12-6-16)15(2)17-13-19-7-8-20-17/h7-8,13-16H,3-6,9-12H2,1-2H3/t15-/m1/s1. The minimum Gasteiger partial charge on any atom is -0.342 e.